The molecule has 108 valence electrons. The lowest BCUT2D eigenvalue weighted by atomic mass is 10.1. The summed E-state index contributed by atoms with van der Waals surface area (Å²) < 4.78 is 15.9. The first-order valence-corrected chi connectivity index (χ1v) is 7.23. The summed E-state index contributed by atoms with van der Waals surface area (Å²) in [6, 6.07) is 5.13. The first-order chi connectivity index (χ1) is 9.37. The zero-order valence-corrected chi connectivity index (χ0v) is 13.0. The summed E-state index contributed by atoms with van der Waals surface area (Å²) in [5.41, 5.74) is 0.909. The van der Waals surface area contributed by atoms with E-state index in [9.17, 15) is 4.39 Å². The van der Waals surface area contributed by atoms with Crippen LogP contribution in [-0.2, 0) is 13.6 Å². The van der Waals surface area contributed by atoms with Crippen molar-refractivity contribution in [1.29, 1.82) is 0 Å². The van der Waals surface area contributed by atoms with Gasteiger partial charge >= 0.3 is 0 Å². The highest BCUT2D eigenvalue weighted by Gasteiger charge is 2.15. The van der Waals surface area contributed by atoms with Crippen molar-refractivity contribution >= 4 is 11.8 Å². The zero-order chi connectivity index (χ0) is 14.8. The highest BCUT2D eigenvalue weighted by molar-refractivity contribution is 7.99. The lowest BCUT2D eigenvalue weighted by Crippen LogP contribution is -2.35. The number of rotatable bonds is 4. The van der Waals surface area contributed by atoms with Gasteiger partial charge in [0.1, 0.15) is 12.1 Å². The first kappa shape index (κ1) is 15.0. The highest BCUT2D eigenvalue weighted by Crippen LogP contribution is 2.31. The summed E-state index contributed by atoms with van der Waals surface area (Å²) in [5, 5.41) is 11.9. The summed E-state index contributed by atoms with van der Waals surface area (Å²) in [7, 11) is 1.84. The van der Waals surface area contributed by atoms with E-state index in [2.05, 4.69) is 36.3 Å². The van der Waals surface area contributed by atoms with Gasteiger partial charge in [0.2, 0.25) is 0 Å². The Hall–Kier alpha value is -1.40. The van der Waals surface area contributed by atoms with Crippen LogP contribution in [0, 0.1) is 5.82 Å². The number of hydrogen-bond acceptors (Lipinski definition) is 4. The fourth-order valence-corrected chi connectivity index (χ4v) is 2.52. The molecule has 20 heavy (non-hydrogen) atoms. The van der Waals surface area contributed by atoms with E-state index in [4.69, 9.17) is 0 Å². The molecule has 0 radical (unpaired) electrons. The van der Waals surface area contributed by atoms with E-state index < -0.39 is 0 Å². The topological polar surface area (TPSA) is 42.7 Å². The van der Waals surface area contributed by atoms with Crippen molar-refractivity contribution in [2.75, 3.05) is 0 Å². The van der Waals surface area contributed by atoms with Crippen molar-refractivity contribution in [2.45, 2.75) is 42.9 Å². The quantitative estimate of drug-likeness (QED) is 0.941. The van der Waals surface area contributed by atoms with Gasteiger partial charge < -0.3 is 9.88 Å². The van der Waals surface area contributed by atoms with Crippen molar-refractivity contribution in [3.63, 3.8) is 0 Å². The minimum Gasteiger partial charge on any atom is -0.311 e. The number of halogens is 1. The van der Waals surface area contributed by atoms with Gasteiger partial charge in [-0.25, -0.2) is 4.39 Å². The lowest BCUT2D eigenvalue weighted by molar-refractivity contribution is 0.421. The molecule has 6 heteroatoms. The number of nitrogens with one attached hydrogen (secondary N) is 1. The third-order valence-electron chi connectivity index (χ3n) is 2.72. The molecule has 0 aliphatic carbocycles. The van der Waals surface area contributed by atoms with E-state index in [0.29, 0.717) is 16.6 Å². The van der Waals surface area contributed by atoms with Crippen LogP contribution < -0.4 is 5.32 Å². The van der Waals surface area contributed by atoms with Crippen LogP contribution in [0.15, 0.2) is 34.6 Å². The average molecular weight is 294 g/mol. The van der Waals surface area contributed by atoms with Gasteiger partial charge in [-0.15, -0.1) is 10.2 Å². The molecule has 1 aromatic heterocycles. The molecule has 0 aliphatic heterocycles. The fraction of sp³-hybridized carbons (Fsp3) is 0.429. The first-order valence-electron chi connectivity index (χ1n) is 6.41. The number of benzene rings is 1. The van der Waals surface area contributed by atoms with Gasteiger partial charge in [-0.3, -0.25) is 0 Å². The zero-order valence-electron chi connectivity index (χ0n) is 12.1. The maximum absolute atomic E-state index is 14.1. The Morgan fingerprint density at radius 1 is 1.35 bits per heavy atom. The highest BCUT2D eigenvalue weighted by atomic mass is 32.2. The lowest BCUT2D eigenvalue weighted by Gasteiger charge is -2.21. The summed E-state index contributed by atoms with van der Waals surface area (Å²) in [5.74, 6) is -0.230. The van der Waals surface area contributed by atoms with Gasteiger partial charge in [0.05, 0.1) is 4.90 Å². The summed E-state index contributed by atoms with van der Waals surface area (Å²) in [6.07, 6.45) is 1.61. The molecule has 0 saturated heterocycles. The van der Waals surface area contributed by atoms with Gasteiger partial charge in [-0.2, -0.15) is 0 Å². The molecule has 0 amide bonds. The van der Waals surface area contributed by atoms with Crippen molar-refractivity contribution in [2.24, 2.45) is 7.05 Å². The number of nitrogens with zero attached hydrogens (tertiary/aromatic N) is 3. The Labute approximate surface area is 122 Å². The SMILES string of the molecule is Cn1cnnc1Sc1c(F)cccc1CNC(C)(C)C. The maximum Gasteiger partial charge on any atom is 0.195 e. The van der Waals surface area contributed by atoms with Crippen LogP contribution in [-0.4, -0.2) is 20.3 Å². The van der Waals surface area contributed by atoms with Crippen molar-refractivity contribution in [3.05, 3.63) is 35.9 Å². The molecule has 2 rings (SSSR count). The van der Waals surface area contributed by atoms with Crippen molar-refractivity contribution < 1.29 is 4.39 Å². The standard InChI is InChI=1S/C14H19FN4S/c1-14(2,3)16-8-10-6-5-7-11(15)12(10)20-13-18-17-9-19(13)4/h5-7,9,16H,8H2,1-4H3. The van der Waals surface area contributed by atoms with Gasteiger partial charge in [-0.1, -0.05) is 12.1 Å². The van der Waals surface area contributed by atoms with E-state index in [0.717, 1.165) is 5.56 Å². The molecule has 0 unspecified atom stereocenters. The van der Waals surface area contributed by atoms with E-state index in [1.807, 2.05) is 13.1 Å². The fourth-order valence-electron chi connectivity index (χ4n) is 1.62. The van der Waals surface area contributed by atoms with Crippen LogP contribution in [0.25, 0.3) is 0 Å². The molecule has 0 aliphatic rings. The molecule has 1 N–H and O–H groups in total. The second-order valence-corrected chi connectivity index (χ2v) is 6.64. The molecule has 0 saturated carbocycles. The average Bonchev–Trinajstić information content (AvgIpc) is 2.75. The number of hydrogen-bond donors (Lipinski definition) is 1. The van der Waals surface area contributed by atoms with Gasteiger partial charge in [0.15, 0.2) is 5.16 Å². The second kappa shape index (κ2) is 5.93. The Morgan fingerprint density at radius 2 is 2.10 bits per heavy atom. The maximum atomic E-state index is 14.1. The third-order valence-corrected chi connectivity index (χ3v) is 3.93. The minimum absolute atomic E-state index is 0.0148. The van der Waals surface area contributed by atoms with Gasteiger partial charge in [0, 0.05) is 19.1 Å². The van der Waals surface area contributed by atoms with Gasteiger partial charge in [0.25, 0.3) is 0 Å². The van der Waals surface area contributed by atoms with E-state index in [1.165, 1.54) is 17.8 Å². The van der Waals surface area contributed by atoms with Crippen molar-refractivity contribution in [1.82, 2.24) is 20.1 Å². The predicted octanol–water partition coefficient (Wildman–Crippen LogP) is 2.99. The normalized spacial score (nSPS) is 11.8. The van der Waals surface area contributed by atoms with Crippen molar-refractivity contribution in [3.8, 4) is 0 Å². The molecule has 0 bridgehead atoms. The largest absolute Gasteiger partial charge is 0.311 e. The Morgan fingerprint density at radius 3 is 2.70 bits per heavy atom. The summed E-state index contributed by atoms with van der Waals surface area (Å²) in [6.45, 7) is 6.87. The van der Waals surface area contributed by atoms with E-state index >= 15 is 0 Å². The molecule has 1 aromatic carbocycles. The van der Waals surface area contributed by atoms with Crippen LogP contribution in [0.1, 0.15) is 26.3 Å². The summed E-state index contributed by atoms with van der Waals surface area (Å²) >= 11 is 1.30. The Balaban J connectivity index is 2.25. The van der Waals surface area contributed by atoms with Crippen LogP contribution in [0.5, 0.6) is 0 Å². The molecular weight excluding hydrogens is 275 g/mol. The molecule has 0 fully saturated rings. The minimum atomic E-state index is -0.230. The van der Waals surface area contributed by atoms with Gasteiger partial charge in [-0.05, 0) is 44.2 Å². The molecule has 0 spiro atoms. The van der Waals surface area contributed by atoms with Crippen LogP contribution in [0.2, 0.25) is 0 Å². The molecule has 0 atom stereocenters. The summed E-state index contributed by atoms with van der Waals surface area (Å²) in [4.78, 5) is 0.598. The van der Waals surface area contributed by atoms with Crippen LogP contribution in [0.4, 0.5) is 4.39 Å². The monoisotopic (exact) mass is 294 g/mol. The molecule has 2 aromatic rings. The Kier molecular flexibility index (Phi) is 4.45. The van der Waals surface area contributed by atoms with Crippen LogP contribution >= 0.6 is 11.8 Å². The van der Waals surface area contributed by atoms with E-state index in [-0.39, 0.29) is 11.4 Å². The number of aromatic nitrogens is 3. The van der Waals surface area contributed by atoms with E-state index in [1.54, 1.807) is 17.0 Å². The second-order valence-electron chi connectivity index (χ2n) is 5.66. The molecular formula is C14H19FN4S. The smallest absolute Gasteiger partial charge is 0.195 e. The molecule has 4 nitrogen and oxygen atoms in total. The van der Waals surface area contributed by atoms with Crippen LogP contribution in [0.3, 0.4) is 0 Å². The Bertz CT molecular complexity index is 589. The predicted molar refractivity (Wildman–Crippen MR) is 78.1 cm³/mol. The number of aryl methyl sites for hydroxylation is 1. The third kappa shape index (κ3) is 3.80. The molecule has 1 heterocycles.